The summed E-state index contributed by atoms with van der Waals surface area (Å²) >= 11 is 0. The first-order valence-corrected chi connectivity index (χ1v) is 7.82. The molecule has 2 nitrogen and oxygen atoms in total. The minimum absolute atomic E-state index is 0.396. The Morgan fingerprint density at radius 2 is 1.90 bits per heavy atom. The average molecular weight is 273 g/mol. The van der Waals surface area contributed by atoms with E-state index in [0.29, 0.717) is 22.8 Å². The molecule has 2 aliphatic rings. The first-order chi connectivity index (χ1) is 9.39. The molecule has 1 atom stereocenters. The summed E-state index contributed by atoms with van der Waals surface area (Å²) in [6.07, 6.45) is 2.29. The second-order valence-electron chi connectivity index (χ2n) is 7.51. The molecule has 0 bridgehead atoms. The molecule has 0 amide bonds. The van der Waals surface area contributed by atoms with Gasteiger partial charge in [0.15, 0.2) is 0 Å². The van der Waals surface area contributed by atoms with Crippen LogP contribution in [0, 0.1) is 16.7 Å². The third-order valence-electron chi connectivity index (χ3n) is 6.07. The molecule has 1 heterocycles. The van der Waals surface area contributed by atoms with Crippen LogP contribution in [0.4, 0.5) is 0 Å². The number of fused-ring (bicyclic) bond motifs is 1. The first kappa shape index (κ1) is 13.9. The highest BCUT2D eigenvalue weighted by molar-refractivity contribution is 5.41. The molecule has 1 N–H and O–H groups in total. The fourth-order valence-electron chi connectivity index (χ4n) is 4.18. The SMILES string of the molecule is CNC(c1ccc2c(c1)CCCO2)C1C(C)(C)C1(C)C. The van der Waals surface area contributed by atoms with Gasteiger partial charge in [-0.05, 0) is 53.8 Å². The van der Waals surface area contributed by atoms with Crippen molar-refractivity contribution in [2.45, 2.75) is 46.6 Å². The Balaban J connectivity index is 1.91. The first-order valence-electron chi connectivity index (χ1n) is 7.82. The zero-order valence-electron chi connectivity index (χ0n) is 13.4. The van der Waals surface area contributed by atoms with E-state index in [9.17, 15) is 0 Å². The van der Waals surface area contributed by atoms with Gasteiger partial charge in [-0.15, -0.1) is 0 Å². The van der Waals surface area contributed by atoms with Crippen LogP contribution in [0.2, 0.25) is 0 Å². The van der Waals surface area contributed by atoms with E-state index in [1.807, 2.05) is 0 Å². The van der Waals surface area contributed by atoms with E-state index in [-0.39, 0.29) is 0 Å². The van der Waals surface area contributed by atoms with Crippen LogP contribution >= 0.6 is 0 Å². The van der Waals surface area contributed by atoms with Crippen LogP contribution in [0.25, 0.3) is 0 Å². The molecule has 1 fully saturated rings. The van der Waals surface area contributed by atoms with E-state index in [2.05, 4.69) is 58.3 Å². The fourth-order valence-corrected chi connectivity index (χ4v) is 4.18. The Kier molecular flexibility index (Phi) is 3.13. The van der Waals surface area contributed by atoms with Gasteiger partial charge in [-0.2, -0.15) is 0 Å². The lowest BCUT2D eigenvalue weighted by atomic mass is 9.93. The molecule has 0 saturated heterocycles. The van der Waals surface area contributed by atoms with E-state index in [4.69, 9.17) is 4.74 Å². The number of hydrogen-bond donors (Lipinski definition) is 1. The molecule has 0 aromatic heterocycles. The van der Waals surface area contributed by atoms with Crippen molar-refractivity contribution in [2.24, 2.45) is 16.7 Å². The predicted octanol–water partition coefficient (Wildman–Crippen LogP) is 3.95. The monoisotopic (exact) mass is 273 g/mol. The molecule has 2 heteroatoms. The highest BCUT2D eigenvalue weighted by atomic mass is 16.5. The maximum atomic E-state index is 5.73. The van der Waals surface area contributed by atoms with E-state index < -0.39 is 0 Å². The molecule has 110 valence electrons. The number of nitrogens with one attached hydrogen (secondary N) is 1. The lowest BCUT2D eigenvalue weighted by Crippen LogP contribution is -2.22. The summed E-state index contributed by atoms with van der Waals surface area (Å²) in [5.41, 5.74) is 3.59. The summed E-state index contributed by atoms with van der Waals surface area (Å²) in [7, 11) is 2.09. The lowest BCUT2D eigenvalue weighted by molar-refractivity contribution is 0.288. The second kappa shape index (κ2) is 4.49. The lowest BCUT2D eigenvalue weighted by Gasteiger charge is -2.23. The summed E-state index contributed by atoms with van der Waals surface area (Å²) in [4.78, 5) is 0. The van der Waals surface area contributed by atoms with Crippen LogP contribution in [0.15, 0.2) is 18.2 Å². The Morgan fingerprint density at radius 1 is 1.20 bits per heavy atom. The normalized spacial score (nSPS) is 24.6. The van der Waals surface area contributed by atoms with Gasteiger partial charge in [0.2, 0.25) is 0 Å². The van der Waals surface area contributed by atoms with Crippen LogP contribution < -0.4 is 10.1 Å². The number of hydrogen-bond acceptors (Lipinski definition) is 2. The summed E-state index contributed by atoms with van der Waals surface area (Å²) in [6.45, 7) is 10.4. The van der Waals surface area contributed by atoms with Gasteiger partial charge in [0, 0.05) is 6.04 Å². The van der Waals surface area contributed by atoms with E-state index in [0.717, 1.165) is 25.2 Å². The molecule has 0 spiro atoms. The van der Waals surface area contributed by atoms with Crippen LogP contribution in [0.3, 0.4) is 0 Å². The number of rotatable bonds is 3. The molecule has 1 unspecified atom stereocenters. The van der Waals surface area contributed by atoms with Gasteiger partial charge in [-0.1, -0.05) is 39.8 Å². The minimum atomic E-state index is 0.396. The third-order valence-corrected chi connectivity index (χ3v) is 6.07. The number of ether oxygens (including phenoxy) is 1. The quantitative estimate of drug-likeness (QED) is 0.900. The molecular formula is C18H27NO. The van der Waals surface area contributed by atoms with E-state index in [1.165, 1.54) is 11.1 Å². The van der Waals surface area contributed by atoms with Gasteiger partial charge in [-0.25, -0.2) is 0 Å². The predicted molar refractivity (Wildman–Crippen MR) is 83.1 cm³/mol. The van der Waals surface area contributed by atoms with Crippen molar-refractivity contribution in [1.82, 2.24) is 5.32 Å². The van der Waals surface area contributed by atoms with Crippen molar-refractivity contribution in [2.75, 3.05) is 13.7 Å². The second-order valence-corrected chi connectivity index (χ2v) is 7.51. The van der Waals surface area contributed by atoms with Gasteiger partial charge in [0.25, 0.3) is 0 Å². The molecule has 1 aromatic rings. The molecule has 1 saturated carbocycles. The van der Waals surface area contributed by atoms with Crippen LogP contribution in [-0.4, -0.2) is 13.7 Å². The van der Waals surface area contributed by atoms with Gasteiger partial charge in [0.05, 0.1) is 6.61 Å². The minimum Gasteiger partial charge on any atom is -0.493 e. The van der Waals surface area contributed by atoms with Crippen LogP contribution in [0.5, 0.6) is 5.75 Å². The topological polar surface area (TPSA) is 21.3 Å². The fraction of sp³-hybridized carbons (Fsp3) is 0.667. The van der Waals surface area contributed by atoms with Crippen molar-refractivity contribution >= 4 is 0 Å². The van der Waals surface area contributed by atoms with Gasteiger partial charge in [0.1, 0.15) is 5.75 Å². The summed E-state index contributed by atoms with van der Waals surface area (Å²) in [5, 5.41) is 3.56. The molecule has 0 radical (unpaired) electrons. The Labute approximate surface area is 122 Å². The summed E-state index contributed by atoms with van der Waals surface area (Å²) in [5.74, 6) is 1.77. The molecule has 20 heavy (non-hydrogen) atoms. The van der Waals surface area contributed by atoms with Crippen molar-refractivity contribution in [3.63, 3.8) is 0 Å². The smallest absolute Gasteiger partial charge is 0.122 e. The molecule has 3 rings (SSSR count). The molecule has 1 aliphatic heterocycles. The zero-order chi connectivity index (χ0) is 14.5. The summed E-state index contributed by atoms with van der Waals surface area (Å²) in [6, 6.07) is 7.21. The Hall–Kier alpha value is -1.02. The number of benzene rings is 1. The van der Waals surface area contributed by atoms with Crippen molar-refractivity contribution in [3.05, 3.63) is 29.3 Å². The van der Waals surface area contributed by atoms with Crippen LogP contribution in [-0.2, 0) is 6.42 Å². The highest BCUT2D eigenvalue weighted by Crippen LogP contribution is 2.72. The van der Waals surface area contributed by atoms with Crippen molar-refractivity contribution in [1.29, 1.82) is 0 Å². The maximum Gasteiger partial charge on any atom is 0.122 e. The zero-order valence-corrected chi connectivity index (χ0v) is 13.4. The largest absolute Gasteiger partial charge is 0.493 e. The van der Waals surface area contributed by atoms with Gasteiger partial charge in [-0.3, -0.25) is 0 Å². The molecule has 1 aliphatic carbocycles. The van der Waals surface area contributed by atoms with Gasteiger partial charge >= 0.3 is 0 Å². The highest BCUT2D eigenvalue weighted by Gasteiger charge is 2.67. The maximum absolute atomic E-state index is 5.73. The average Bonchev–Trinajstić information content (AvgIpc) is 2.82. The molecule has 1 aromatic carbocycles. The van der Waals surface area contributed by atoms with Gasteiger partial charge < -0.3 is 10.1 Å². The Bertz CT molecular complexity index is 504. The van der Waals surface area contributed by atoms with Crippen molar-refractivity contribution < 1.29 is 4.74 Å². The third kappa shape index (κ3) is 1.88. The standard InChI is InChI=1S/C18H27NO/c1-17(2)16(18(17,3)4)15(19-5)13-8-9-14-12(11-13)7-6-10-20-14/h8-9,11,15-16,19H,6-7,10H2,1-5H3. The van der Waals surface area contributed by atoms with E-state index >= 15 is 0 Å². The summed E-state index contributed by atoms with van der Waals surface area (Å²) < 4.78 is 5.73. The molecular weight excluding hydrogens is 246 g/mol. The van der Waals surface area contributed by atoms with E-state index in [1.54, 1.807) is 0 Å². The Morgan fingerprint density at radius 3 is 2.50 bits per heavy atom. The van der Waals surface area contributed by atoms with Crippen molar-refractivity contribution in [3.8, 4) is 5.75 Å². The van der Waals surface area contributed by atoms with Crippen LogP contribution in [0.1, 0.15) is 51.3 Å². The number of aryl methyl sites for hydroxylation is 1.